The Labute approximate surface area is 138 Å². The first-order valence-corrected chi connectivity index (χ1v) is 8.70. The second kappa shape index (κ2) is 6.97. The van der Waals surface area contributed by atoms with Crippen LogP contribution in [-0.4, -0.2) is 27.2 Å². The van der Waals surface area contributed by atoms with Crippen molar-refractivity contribution < 1.29 is 22.3 Å². The zero-order valence-corrected chi connectivity index (χ0v) is 13.6. The van der Waals surface area contributed by atoms with Gasteiger partial charge in [-0.2, -0.15) is 0 Å². The average Bonchev–Trinajstić information content (AvgIpc) is 2.48. The van der Waals surface area contributed by atoms with Crippen LogP contribution in [-0.2, 0) is 14.6 Å². The van der Waals surface area contributed by atoms with E-state index in [-0.39, 0.29) is 16.5 Å². The Kier molecular flexibility index (Phi) is 5.23. The summed E-state index contributed by atoms with van der Waals surface area (Å²) in [6.45, 7) is -0.285. The van der Waals surface area contributed by atoms with E-state index in [0.29, 0.717) is 11.4 Å². The van der Waals surface area contributed by atoms with Crippen molar-refractivity contribution in [1.82, 2.24) is 0 Å². The number of hydrogen-bond acceptors (Lipinski definition) is 4. The molecule has 0 atom stereocenters. The molecule has 0 radical (unpaired) electrons. The highest BCUT2D eigenvalue weighted by atomic mass is 35.5. The summed E-state index contributed by atoms with van der Waals surface area (Å²) < 4.78 is 40.9. The van der Waals surface area contributed by atoms with Crippen LogP contribution in [0.2, 0.25) is 5.02 Å². The van der Waals surface area contributed by atoms with Gasteiger partial charge in [-0.25, -0.2) is 12.8 Å². The number of amides is 1. The number of sulfone groups is 1. The molecule has 1 N–H and O–H groups in total. The quantitative estimate of drug-likeness (QED) is 0.893. The zero-order valence-electron chi connectivity index (χ0n) is 12.0. The summed E-state index contributed by atoms with van der Waals surface area (Å²) >= 11 is 5.62. The molecular formula is C15H13ClFNO4S. The summed E-state index contributed by atoms with van der Waals surface area (Å²) in [5, 5.41) is 2.41. The van der Waals surface area contributed by atoms with Crippen LogP contribution >= 0.6 is 11.6 Å². The van der Waals surface area contributed by atoms with Gasteiger partial charge in [0.05, 0.1) is 9.92 Å². The number of carbonyl (C=O) groups is 1. The van der Waals surface area contributed by atoms with Gasteiger partial charge in [0.1, 0.15) is 11.6 Å². The highest BCUT2D eigenvalue weighted by Gasteiger charge is 2.08. The maximum absolute atomic E-state index is 13.0. The standard InChI is InChI=1S/C15H13ClFNO4S/c1-23(20,21)12-5-3-11(4-6-12)22-9-15(19)18-10-2-7-14(17)13(16)8-10/h2-8H,9H2,1H3,(H,18,19). The van der Waals surface area contributed by atoms with Gasteiger partial charge in [-0.15, -0.1) is 0 Å². The van der Waals surface area contributed by atoms with Crippen LogP contribution in [0.5, 0.6) is 5.75 Å². The zero-order chi connectivity index (χ0) is 17.0. The maximum Gasteiger partial charge on any atom is 0.262 e. The smallest absolute Gasteiger partial charge is 0.262 e. The van der Waals surface area contributed by atoms with Crippen LogP contribution in [0.15, 0.2) is 47.4 Å². The largest absolute Gasteiger partial charge is 0.484 e. The molecule has 0 saturated carbocycles. The van der Waals surface area contributed by atoms with Crippen molar-refractivity contribution in [2.45, 2.75) is 4.90 Å². The van der Waals surface area contributed by atoms with E-state index < -0.39 is 21.6 Å². The lowest BCUT2D eigenvalue weighted by Crippen LogP contribution is -2.20. The molecule has 23 heavy (non-hydrogen) atoms. The predicted molar refractivity (Wildman–Crippen MR) is 85.1 cm³/mol. The van der Waals surface area contributed by atoms with Gasteiger partial charge in [-0.1, -0.05) is 11.6 Å². The molecule has 122 valence electrons. The normalized spacial score (nSPS) is 11.1. The van der Waals surface area contributed by atoms with E-state index in [2.05, 4.69) is 5.32 Å². The summed E-state index contributed by atoms with van der Waals surface area (Å²) in [5.74, 6) is -0.684. The molecule has 1 amide bonds. The second-order valence-electron chi connectivity index (χ2n) is 4.71. The molecule has 0 bridgehead atoms. The van der Waals surface area contributed by atoms with E-state index in [4.69, 9.17) is 16.3 Å². The Hall–Kier alpha value is -2.12. The van der Waals surface area contributed by atoms with Gasteiger partial charge in [0.2, 0.25) is 0 Å². The van der Waals surface area contributed by atoms with Gasteiger partial charge in [-0.3, -0.25) is 4.79 Å². The Morgan fingerprint density at radius 2 is 1.87 bits per heavy atom. The van der Waals surface area contributed by atoms with Crippen molar-refractivity contribution in [3.8, 4) is 5.75 Å². The lowest BCUT2D eigenvalue weighted by molar-refractivity contribution is -0.118. The third kappa shape index (κ3) is 4.94. The van der Waals surface area contributed by atoms with Crippen LogP contribution < -0.4 is 10.1 Å². The van der Waals surface area contributed by atoms with Crippen LogP contribution in [0.25, 0.3) is 0 Å². The summed E-state index contributed by atoms with van der Waals surface area (Å²) in [6.07, 6.45) is 1.10. The number of ether oxygens (including phenoxy) is 1. The molecular weight excluding hydrogens is 345 g/mol. The first kappa shape index (κ1) is 17.2. The van der Waals surface area contributed by atoms with Crippen LogP contribution in [0.4, 0.5) is 10.1 Å². The van der Waals surface area contributed by atoms with E-state index in [1.54, 1.807) is 0 Å². The minimum absolute atomic E-state index is 0.0971. The molecule has 8 heteroatoms. The van der Waals surface area contributed by atoms with Gasteiger partial charge < -0.3 is 10.1 Å². The maximum atomic E-state index is 13.0. The number of nitrogens with one attached hydrogen (secondary N) is 1. The minimum atomic E-state index is -3.28. The topological polar surface area (TPSA) is 72.5 Å². The summed E-state index contributed by atoms with van der Waals surface area (Å²) in [5.41, 5.74) is 0.345. The fraction of sp³-hybridized carbons (Fsp3) is 0.133. The Morgan fingerprint density at radius 1 is 1.22 bits per heavy atom. The molecule has 5 nitrogen and oxygen atoms in total. The van der Waals surface area contributed by atoms with Crippen LogP contribution in [0.3, 0.4) is 0 Å². The van der Waals surface area contributed by atoms with E-state index in [0.717, 1.165) is 12.3 Å². The molecule has 0 aliphatic carbocycles. The van der Waals surface area contributed by atoms with Crippen molar-refractivity contribution >= 4 is 33.0 Å². The fourth-order valence-electron chi connectivity index (χ4n) is 1.70. The van der Waals surface area contributed by atoms with Crippen LogP contribution in [0, 0.1) is 5.82 Å². The Balaban J connectivity index is 1.92. The van der Waals surface area contributed by atoms with E-state index >= 15 is 0 Å². The molecule has 2 rings (SSSR count). The van der Waals surface area contributed by atoms with E-state index in [9.17, 15) is 17.6 Å². The first-order chi connectivity index (χ1) is 10.8. The molecule has 2 aromatic carbocycles. The number of rotatable bonds is 5. The average molecular weight is 358 g/mol. The van der Waals surface area contributed by atoms with Crippen LogP contribution in [0.1, 0.15) is 0 Å². The Bertz CT molecular complexity index is 822. The molecule has 0 fully saturated rings. The Morgan fingerprint density at radius 3 is 2.43 bits per heavy atom. The molecule has 0 spiro atoms. The number of hydrogen-bond donors (Lipinski definition) is 1. The van der Waals surface area contributed by atoms with Crippen molar-refractivity contribution in [1.29, 1.82) is 0 Å². The highest BCUT2D eigenvalue weighted by Crippen LogP contribution is 2.19. The lowest BCUT2D eigenvalue weighted by Gasteiger charge is -2.08. The fourth-order valence-corrected chi connectivity index (χ4v) is 2.51. The minimum Gasteiger partial charge on any atom is -0.484 e. The molecule has 0 aliphatic heterocycles. The first-order valence-electron chi connectivity index (χ1n) is 6.43. The lowest BCUT2D eigenvalue weighted by atomic mass is 10.3. The molecule has 0 aromatic heterocycles. The second-order valence-corrected chi connectivity index (χ2v) is 7.13. The summed E-state index contributed by atoms with van der Waals surface area (Å²) in [4.78, 5) is 11.9. The van der Waals surface area contributed by atoms with E-state index in [1.165, 1.54) is 36.4 Å². The number of carbonyl (C=O) groups excluding carboxylic acids is 1. The predicted octanol–water partition coefficient (Wildman–Crippen LogP) is 2.90. The van der Waals surface area contributed by atoms with Gasteiger partial charge in [0.25, 0.3) is 5.91 Å². The molecule has 0 aliphatic rings. The third-order valence-corrected chi connectivity index (χ3v) is 4.24. The third-order valence-electron chi connectivity index (χ3n) is 2.83. The van der Waals surface area contributed by atoms with Gasteiger partial charge in [0.15, 0.2) is 16.4 Å². The summed E-state index contributed by atoms with van der Waals surface area (Å²) in [6, 6.07) is 9.50. The van der Waals surface area contributed by atoms with Gasteiger partial charge >= 0.3 is 0 Å². The van der Waals surface area contributed by atoms with Crippen molar-refractivity contribution in [3.05, 3.63) is 53.3 Å². The number of anilines is 1. The van der Waals surface area contributed by atoms with Gasteiger partial charge in [0, 0.05) is 11.9 Å². The molecule has 2 aromatic rings. The molecule has 0 heterocycles. The van der Waals surface area contributed by atoms with Crippen molar-refractivity contribution in [3.63, 3.8) is 0 Å². The number of benzene rings is 2. The SMILES string of the molecule is CS(=O)(=O)c1ccc(OCC(=O)Nc2ccc(F)c(Cl)c2)cc1. The molecule has 0 saturated heterocycles. The number of halogens is 2. The monoisotopic (exact) mass is 357 g/mol. The van der Waals surface area contributed by atoms with Gasteiger partial charge in [-0.05, 0) is 42.5 Å². The van der Waals surface area contributed by atoms with E-state index in [1.807, 2.05) is 0 Å². The highest BCUT2D eigenvalue weighted by molar-refractivity contribution is 7.90. The van der Waals surface area contributed by atoms with Crippen molar-refractivity contribution in [2.24, 2.45) is 0 Å². The molecule has 0 unspecified atom stereocenters. The summed E-state index contributed by atoms with van der Waals surface area (Å²) in [7, 11) is -3.28. The van der Waals surface area contributed by atoms with Crippen molar-refractivity contribution in [2.75, 3.05) is 18.2 Å².